The number of nitrogens with zero attached hydrogens (tertiary/aromatic N) is 1. The van der Waals surface area contributed by atoms with Crippen molar-refractivity contribution in [1.29, 1.82) is 0 Å². The SMILES string of the molecule is O=c1ccn2c(c1O)C(c1ccccc1)OCC2. The first kappa shape index (κ1) is 11.0. The Hall–Kier alpha value is -2.07. The lowest BCUT2D eigenvalue weighted by Gasteiger charge is -2.28. The fourth-order valence-electron chi connectivity index (χ4n) is 2.28. The number of hydrogen-bond acceptors (Lipinski definition) is 3. The normalized spacial score (nSPS) is 18.3. The minimum Gasteiger partial charge on any atom is -0.503 e. The molecule has 0 saturated heterocycles. The topological polar surface area (TPSA) is 51.5 Å². The van der Waals surface area contributed by atoms with E-state index in [0.29, 0.717) is 18.8 Å². The molecule has 0 spiro atoms. The predicted octanol–water partition coefficient (Wildman–Crippen LogP) is 1.67. The van der Waals surface area contributed by atoms with Crippen molar-refractivity contribution in [3.05, 3.63) is 64.1 Å². The fraction of sp³-hybridized carbons (Fsp3) is 0.214. The number of fused-ring (bicyclic) bond motifs is 1. The van der Waals surface area contributed by atoms with E-state index in [0.717, 1.165) is 5.56 Å². The Morgan fingerprint density at radius 3 is 2.78 bits per heavy atom. The molecule has 1 aliphatic heterocycles. The number of ether oxygens (including phenoxy) is 1. The summed E-state index contributed by atoms with van der Waals surface area (Å²) in [6.07, 6.45) is 1.32. The zero-order valence-corrected chi connectivity index (χ0v) is 9.74. The zero-order chi connectivity index (χ0) is 12.5. The summed E-state index contributed by atoms with van der Waals surface area (Å²) in [5.41, 5.74) is 1.11. The average molecular weight is 243 g/mol. The highest BCUT2D eigenvalue weighted by atomic mass is 16.5. The van der Waals surface area contributed by atoms with Crippen LogP contribution in [0.4, 0.5) is 0 Å². The van der Waals surface area contributed by atoms with Crippen LogP contribution in [0.15, 0.2) is 47.4 Å². The Morgan fingerprint density at radius 2 is 2.00 bits per heavy atom. The van der Waals surface area contributed by atoms with Gasteiger partial charge in [0.1, 0.15) is 6.10 Å². The number of hydrogen-bond donors (Lipinski definition) is 1. The Kier molecular flexibility index (Phi) is 2.64. The van der Waals surface area contributed by atoms with E-state index in [2.05, 4.69) is 0 Å². The number of pyridine rings is 1. The van der Waals surface area contributed by atoms with Gasteiger partial charge in [0.2, 0.25) is 5.43 Å². The summed E-state index contributed by atoms with van der Waals surface area (Å²) in [5.74, 6) is -0.217. The Balaban J connectivity index is 2.18. The molecular weight excluding hydrogens is 230 g/mol. The molecule has 1 atom stereocenters. The highest BCUT2D eigenvalue weighted by Crippen LogP contribution is 2.32. The van der Waals surface area contributed by atoms with E-state index in [9.17, 15) is 9.90 Å². The monoisotopic (exact) mass is 243 g/mol. The molecule has 0 fully saturated rings. The van der Waals surface area contributed by atoms with Gasteiger partial charge in [-0.15, -0.1) is 0 Å². The molecule has 4 nitrogen and oxygen atoms in total. The van der Waals surface area contributed by atoms with Crippen molar-refractivity contribution in [2.45, 2.75) is 12.6 Å². The summed E-state index contributed by atoms with van der Waals surface area (Å²) >= 11 is 0. The second kappa shape index (κ2) is 4.31. The Morgan fingerprint density at radius 1 is 1.22 bits per heavy atom. The van der Waals surface area contributed by atoms with Crippen LogP contribution in [0, 0.1) is 0 Å². The van der Waals surface area contributed by atoms with Crippen LogP contribution in [-0.2, 0) is 11.3 Å². The molecule has 0 saturated carbocycles. The van der Waals surface area contributed by atoms with Crippen LogP contribution in [0.5, 0.6) is 5.75 Å². The Bertz CT molecular complexity index is 619. The third-order valence-corrected chi connectivity index (χ3v) is 3.16. The summed E-state index contributed by atoms with van der Waals surface area (Å²) in [6.45, 7) is 1.21. The van der Waals surface area contributed by atoms with Gasteiger partial charge in [0.05, 0.1) is 12.3 Å². The predicted molar refractivity (Wildman–Crippen MR) is 66.6 cm³/mol. The van der Waals surface area contributed by atoms with Crippen LogP contribution in [-0.4, -0.2) is 16.3 Å². The van der Waals surface area contributed by atoms with Crippen molar-refractivity contribution < 1.29 is 9.84 Å². The first-order chi connectivity index (χ1) is 8.77. The molecule has 0 radical (unpaired) electrons. The smallest absolute Gasteiger partial charge is 0.223 e. The van der Waals surface area contributed by atoms with Crippen molar-refractivity contribution in [3.8, 4) is 5.75 Å². The molecule has 18 heavy (non-hydrogen) atoms. The van der Waals surface area contributed by atoms with Crippen molar-refractivity contribution in [2.24, 2.45) is 0 Å². The summed E-state index contributed by atoms with van der Waals surface area (Å²) in [4.78, 5) is 11.5. The maximum atomic E-state index is 11.5. The fourth-order valence-corrected chi connectivity index (χ4v) is 2.28. The summed E-state index contributed by atoms with van der Waals surface area (Å²) in [6, 6.07) is 11.0. The van der Waals surface area contributed by atoms with E-state index < -0.39 is 0 Å². The highest BCUT2D eigenvalue weighted by molar-refractivity contribution is 5.36. The molecular formula is C14H13NO3. The maximum absolute atomic E-state index is 11.5. The van der Waals surface area contributed by atoms with Crippen molar-refractivity contribution in [3.63, 3.8) is 0 Å². The van der Waals surface area contributed by atoms with Gasteiger partial charge < -0.3 is 14.4 Å². The van der Waals surface area contributed by atoms with Crippen LogP contribution in [0.25, 0.3) is 0 Å². The molecule has 3 rings (SSSR count). The van der Waals surface area contributed by atoms with Gasteiger partial charge >= 0.3 is 0 Å². The lowest BCUT2D eigenvalue weighted by molar-refractivity contribution is 0.0428. The lowest BCUT2D eigenvalue weighted by atomic mass is 10.0. The maximum Gasteiger partial charge on any atom is 0.223 e. The molecule has 1 unspecified atom stereocenters. The standard InChI is InChI=1S/C14H13NO3/c16-11-6-7-15-8-9-18-14(12(15)13(11)17)10-4-2-1-3-5-10/h1-7,14,17H,8-9H2. The largest absolute Gasteiger partial charge is 0.503 e. The molecule has 1 N–H and O–H groups in total. The summed E-state index contributed by atoms with van der Waals surface area (Å²) < 4.78 is 7.58. The molecule has 2 heterocycles. The third-order valence-electron chi connectivity index (χ3n) is 3.16. The van der Waals surface area contributed by atoms with Crippen LogP contribution >= 0.6 is 0 Å². The van der Waals surface area contributed by atoms with Crippen molar-refractivity contribution in [1.82, 2.24) is 4.57 Å². The molecule has 1 aromatic heterocycles. The summed E-state index contributed by atoms with van der Waals surface area (Å²) in [5, 5.41) is 9.96. The molecule has 92 valence electrons. The minimum atomic E-state index is -0.381. The molecule has 0 amide bonds. The van der Waals surface area contributed by atoms with E-state index in [4.69, 9.17) is 4.74 Å². The molecule has 4 heteroatoms. The minimum absolute atomic E-state index is 0.217. The van der Waals surface area contributed by atoms with Gasteiger partial charge in [-0.05, 0) is 5.56 Å². The molecule has 2 aromatic rings. The third kappa shape index (κ3) is 1.71. The molecule has 0 aliphatic carbocycles. The van der Waals surface area contributed by atoms with E-state index >= 15 is 0 Å². The second-order valence-electron chi connectivity index (χ2n) is 4.27. The van der Waals surface area contributed by atoms with E-state index in [1.54, 1.807) is 6.20 Å². The van der Waals surface area contributed by atoms with E-state index in [1.165, 1.54) is 6.07 Å². The van der Waals surface area contributed by atoms with Gasteiger partial charge in [0.15, 0.2) is 5.75 Å². The first-order valence-corrected chi connectivity index (χ1v) is 5.86. The van der Waals surface area contributed by atoms with Crippen LogP contribution in [0.2, 0.25) is 0 Å². The van der Waals surface area contributed by atoms with Gasteiger partial charge in [-0.2, -0.15) is 0 Å². The Labute approximate surface area is 104 Å². The number of benzene rings is 1. The number of rotatable bonds is 1. The van der Waals surface area contributed by atoms with E-state index in [1.807, 2.05) is 34.9 Å². The summed E-state index contributed by atoms with van der Waals surface area (Å²) in [7, 11) is 0. The van der Waals surface area contributed by atoms with Crippen LogP contribution in [0.3, 0.4) is 0 Å². The van der Waals surface area contributed by atoms with Gasteiger partial charge in [-0.3, -0.25) is 4.79 Å². The van der Waals surface area contributed by atoms with Crippen LogP contribution in [0.1, 0.15) is 17.4 Å². The molecule has 1 aliphatic rings. The quantitative estimate of drug-likeness (QED) is 0.829. The van der Waals surface area contributed by atoms with Gasteiger partial charge in [-0.1, -0.05) is 30.3 Å². The van der Waals surface area contributed by atoms with Gasteiger partial charge in [-0.25, -0.2) is 0 Å². The highest BCUT2D eigenvalue weighted by Gasteiger charge is 2.26. The number of aromatic nitrogens is 1. The van der Waals surface area contributed by atoms with Crippen LogP contribution < -0.4 is 5.43 Å². The van der Waals surface area contributed by atoms with E-state index in [-0.39, 0.29) is 17.3 Å². The first-order valence-electron chi connectivity index (χ1n) is 5.86. The zero-order valence-electron chi connectivity index (χ0n) is 9.74. The van der Waals surface area contributed by atoms with Crippen molar-refractivity contribution in [2.75, 3.05) is 6.61 Å². The molecule has 1 aromatic carbocycles. The van der Waals surface area contributed by atoms with Gasteiger partial charge in [0, 0.05) is 18.8 Å². The lowest BCUT2D eigenvalue weighted by Crippen LogP contribution is -2.26. The molecule has 0 bridgehead atoms. The van der Waals surface area contributed by atoms with Crippen molar-refractivity contribution >= 4 is 0 Å². The average Bonchev–Trinajstić information content (AvgIpc) is 2.43. The second-order valence-corrected chi connectivity index (χ2v) is 4.27. The van der Waals surface area contributed by atoms with Gasteiger partial charge in [0.25, 0.3) is 0 Å². The number of aromatic hydroxyl groups is 1.